The predicted molar refractivity (Wildman–Crippen MR) is 86.4 cm³/mol. The molecule has 2 rings (SSSR count). The fourth-order valence-corrected chi connectivity index (χ4v) is 3.48. The lowest BCUT2D eigenvalue weighted by Crippen LogP contribution is -2.52. The molecule has 0 aliphatic carbocycles. The first-order valence-electron chi connectivity index (χ1n) is 8.52. The van der Waals surface area contributed by atoms with E-state index in [0.717, 1.165) is 45.8 Å². The van der Waals surface area contributed by atoms with E-state index in [9.17, 15) is 4.79 Å². The quantitative estimate of drug-likeness (QED) is 0.800. The third-order valence-corrected chi connectivity index (χ3v) is 4.99. The van der Waals surface area contributed by atoms with Gasteiger partial charge in [-0.05, 0) is 45.8 Å². The Labute approximate surface area is 129 Å². The van der Waals surface area contributed by atoms with E-state index in [-0.39, 0.29) is 0 Å². The summed E-state index contributed by atoms with van der Waals surface area (Å²) in [6, 6.07) is 0.552. The third kappa shape index (κ3) is 4.94. The van der Waals surface area contributed by atoms with E-state index in [1.807, 2.05) is 4.90 Å². The van der Waals surface area contributed by atoms with Crippen LogP contribution in [0.25, 0.3) is 0 Å². The van der Waals surface area contributed by atoms with Gasteiger partial charge < -0.3 is 15.1 Å². The molecular weight excluding hydrogens is 264 g/mol. The molecule has 2 fully saturated rings. The van der Waals surface area contributed by atoms with Crippen molar-refractivity contribution in [3.63, 3.8) is 0 Å². The van der Waals surface area contributed by atoms with Gasteiger partial charge in [0.15, 0.2) is 0 Å². The molecule has 0 bridgehead atoms. The normalized spacial score (nSPS) is 26.8. The number of carbonyl (C=O) groups is 1. The molecule has 5 nitrogen and oxygen atoms in total. The number of hydrogen-bond acceptors (Lipinski definition) is 4. The molecule has 0 aromatic rings. The van der Waals surface area contributed by atoms with Gasteiger partial charge in [0.25, 0.3) is 0 Å². The lowest BCUT2D eigenvalue weighted by molar-refractivity contribution is -0.134. The second-order valence-electron chi connectivity index (χ2n) is 6.67. The molecule has 0 saturated carbocycles. The summed E-state index contributed by atoms with van der Waals surface area (Å²) in [5.74, 6) is 0.999. The minimum absolute atomic E-state index is 0.319. The Morgan fingerprint density at radius 3 is 2.62 bits per heavy atom. The van der Waals surface area contributed by atoms with Crippen molar-refractivity contribution in [2.24, 2.45) is 5.92 Å². The fourth-order valence-electron chi connectivity index (χ4n) is 3.48. The van der Waals surface area contributed by atoms with Gasteiger partial charge in [0.1, 0.15) is 0 Å². The number of amides is 1. The predicted octanol–water partition coefficient (Wildman–Crippen LogP) is 0.470. The molecule has 21 heavy (non-hydrogen) atoms. The highest BCUT2D eigenvalue weighted by molar-refractivity contribution is 5.78. The van der Waals surface area contributed by atoms with Crippen LogP contribution in [-0.2, 0) is 4.79 Å². The van der Waals surface area contributed by atoms with E-state index in [4.69, 9.17) is 0 Å². The highest BCUT2D eigenvalue weighted by Crippen LogP contribution is 2.19. The van der Waals surface area contributed by atoms with Crippen LogP contribution < -0.4 is 5.32 Å². The van der Waals surface area contributed by atoms with Crippen LogP contribution in [0.2, 0.25) is 0 Å². The molecule has 2 unspecified atom stereocenters. The highest BCUT2D eigenvalue weighted by atomic mass is 16.2. The summed E-state index contributed by atoms with van der Waals surface area (Å²) >= 11 is 0. The van der Waals surface area contributed by atoms with Crippen molar-refractivity contribution < 1.29 is 4.79 Å². The summed E-state index contributed by atoms with van der Waals surface area (Å²) in [7, 11) is 2.12. The number of likely N-dealkylation sites (N-methyl/N-ethyl adjacent to an activating group) is 1. The van der Waals surface area contributed by atoms with Crippen LogP contribution in [0.4, 0.5) is 0 Å². The van der Waals surface area contributed by atoms with Gasteiger partial charge in [0.05, 0.1) is 6.54 Å². The summed E-state index contributed by atoms with van der Waals surface area (Å²) in [4.78, 5) is 19.1. The van der Waals surface area contributed by atoms with E-state index < -0.39 is 0 Å². The molecule has 0 spiro atoms. The molecule has 2 atom stereocenters. The fraction of sp³-hybridized carbons (Fsp3) is 0.938. The van der Waals surface area contributed by atoms with Gasteiger partial charge in [-0.15, -0.1) is 0 Å². The highest BCUT2D eigenvalue weighted by Gasteiger charge is 2.27. The van der Waals surface area contributed by atoms with Gasteiger partial charge in [-0.25, -0.2) is 0 Å². The Morgan fingerprint density at radius 1 is 1.24 bits per heavy atom. The first kappa shape index (κ1) is 16.7. The van der Waals surface area contributed by atoms with Crippen LogP contribution in [0.15, 0.2) is 0 Å². The molecular formula is C16H32N4O. The Bertz CT molecular complexity index is 328. The van der Waals surface area contributed by atoms with Crippen LogP contribution >= 0.6 is 0 Å². The van der Waals surface area contributed by atoms with Crippen molar-refractivity contribution in [3.05, 3.63) is 0 Å². The molecule has 5 heteroatoms. The smallest absolute Gasteiger partial charge is 0.236 e. The molecule has 0 radical (unpaired) electrons. The molecule has 0 aromatic heterocycles. The third-order valence-electron chi connectivity index (χ3n) is 4.99. The van der Waals surface area contributed by atoms with Crippen LogP contribution in [-0.4, -0.2) is 86.1 Å². The topological polar surface area (TPSA) is 38.8 Å². The Hall–Kier alpha value is -0.650. The summed E-state index contributed by atoms with van der Waals surface area (Å²) in [5.41, 5.74) is 0. The number of piperidine rings is 1. The van der Waals surface area contributed by atoms with E-state index in [2.05, 4.69) is 36.0 Å². The minimum atomic E-state index is 0.319. The number of rotatable bonds is 5. The van der Waals surface area contributed by atoms with Gasteiger partial charge in [-0.2, -0.15) is 0 Å². The SMILES string of the molecule is CCNC(C)C1CCCN(CC(=O)N2CCN(C)CC2)C1. The second-order valence-corrected chi connectivity index (χ2v) is 6.67. The Morgan fingerprint density at radius 2 is 1.95 bits per heavy atom. The van der Waals surface area contributed by atoms with E-state index in [1.54, 1.807) is 0 Å². The molecule has 2 aliphatic heterocycles. The Balaban J connectivity index is 1.78. The number of piperazine rings is 1. The molecule has 1 amide bonds. The number of carbonyl (C=O) groups excluding carboxylic acids is 1. The average molecular weight is 296 g/mol. The maximum atomic E-state index is 12.4. The largest absolute Gasteiger partial charge is 0.339 e. The van der Waals surface area contributed by atoms with Crippen LogP contribution in [0.3, 0.4) is 0 Å². The van der Waals surface area contributed by atoms with Gasteiger partial charge in [-0.1, -0.05) is 6.92 Å². The van der Waals surface area contributed by atoms with Gasteiger partial charge in [0.2, 0.25) is 5.91 Å². The maximum Gasteiger partial charge on any atom is 0.236 e. The Kier molecular flexibility index (Phi) is 6.45. The number of likely N-dealkylation sites (tertiary alicyclic amines) is 1. The van der Waals surface area contributed by atoms with Crippen molar-refractivity contribution in [2.45, 2.75) is 32.7 Å². The zero-order chi connectivity index (χ0) is 15.2. The molecule has 2 saturated heterocycles. The van der Waals surface area contributed by atoms with Crippen molar-refractivity contribution in [1.29, 1.82) is 0 Å². The molecule has 2 aliphatic rings. The first-order chi connectivity index (χ1) is 10.1. The lowest BCUT2D eigenvalue weighted by atomic mass is 9.91. The van der Waals surface area contributed by atoms with Crippen LogP contribution in [0.5, 0.6) is 0 Å². The van der Waals surface area contributed by atoms with E-state index in [1.165, 1.54) is 12.8 Å². The summed E-state index contributed by atoms with van der Waals surface area (Å²) < 4.78 is 0. The van der Waals surface area contributed by atoms with Crippen molar-refractivity contribution in [2.75, 3.05) is 59.4 Å². The van der Waals surface area contributed by atoms with Crippen LogP contribution in [0.1, 0.15) is 26.7 Å². The summed E-state index contributed by atoms with van der Waals surface area (Å²) in [5, 5.41) is 3.53. The van der Waals surface area contributed by atoms with E-state index >= 15 is 0 Å². The monoisotopic (exact) mass is 296 g/mol. The molecule has 2 heterocycles. The molecule has 0 aromatic carbocycles. The van der Waals surface area contributed by atoms with Gasteiger partial charge in [0, 0.05) is 38.8 Å². The average Bonchev–Trinajstić information content (AvgIpc) is 2.48. The summed E-state index contributed by atoms with van der Waals surface area (Å²) in [6.07, 6.45) is 2.50. The van der Waals surface area contributed by atoms with Gasteiger partial charge >= 0.3 is 0 Å². The maximum absolute atomic E-state index is 12.4. The zero-order valence-corrected chi connectivity index (χ0v) is 14.0. The zero-order valence-electron chi connectivity index (χ0n) is 14.0. The van der Waals surface area contributed by atoms with Crippen molar-refractivity contribution in [1.82, 2.24) is 20.0 Å². The van der Waals surface area contributed by atoms with Crippen LogP contribution in [0, 0.1) is 5.92 Å². The minimum Gasteiger partial charge on any atom is -0.339 e. The van der Waals surface area contributed by atoms with Gasteiger partial charge in [-0.3, -0.25) is 9.69 Å². The lowest BCUT2D eigenvalue weighted by Gasteiger charge is -2.38. The van der Waals surface area contributed by atoms with E-state index in [0.29, 0.717) is 24.4 Å². The molecule has 122 valence electrons. The second kappa shape index (κ2) is 8.11. The number of nitrogens with one attached hydrogen (secondary N) is 1. The molecule has 1 N–H and O–H groups in total. The number of nitrogens with zero attached hydrogens (tertiary/aromatic N) is 3. The van der Waals surface area contributed by atoms with Crippen molar-refractivity contribution in [3.8, 4) is 0 Å². The van der Waals surface area contributed by atoms with Crippen molar-refractivity contribution >= 4 is 5.91 Å². The first-order valence-corrected chi connectivity index (χ1v) is 8.52. The number of hydrogen-bond donors (Lipinski definition) is 1. The summed E-state index contributed by atoms with van der Waals surface area (Å²) in [6.45, 7) is 12.0. The standard InChI is InChI=1S/C16H32N4O/c1-4-17-14(2)15-6-5-7-19(12-15)13-16(21)20-10-8-18(3)9-11-20/h14-15,17H,4-13H2,1-3H3.